The van der Waals surface area contributed by atoms with E-state index >= 15 is 0 Å². The maximum atomic E-state index is 12.6. The summed E-state index contributed by atoms with van der Waals surface area (Å²) >= 11 is 11.7. The van der Waals surface area contributed by atoms with Crippen molar-refractivity contribution in [2.45, 2.75) is 19.8 Å². The summed E-state index contributed by atoms with van der Waals surface area (Å²) in [5, 5.41) is 6.71. The van der Waals surface area contributed by atoms with E-state index < -0.39 is 17.8 Å². The van der Waals surface area contributed by atoms with Gasteiger partial charge in [0.2, 0.25) is 0 Å². The van der Waals surface area contributed by atoms with Crippen LogP contribution in [0.15, 0.2) is 65.8 Å². The predicted octanol–water partition coefficient (Wildman–Crippen LogP) is 5.49. The second-order valence-electron chi connectivity index (χ2n) is 7.81. The average Bonchev–Trinajstić information content (AvgIpc) is 2.91. The van der Waals surface area contributed by atoms with Crippen molar-refractivity contribution in [2.75, 3.05) is 19.0 Å². The lowest BCUT2D eigenvalue weighted by atomic mass is 10.2. The van der Waals surface area contributed by atoms with Gasteiger partial charge in [0.15, 0.2) is 11.5 Å². The fourth-order valence-electron chi connectivity index (χ4n) is 3.01. The Bertz CT molecular complexity index is 1330. The zero-order valence-corrected chi connectivity index (χ0v) is 22.1. The monoisotopic (exact) mass is 557 g/mol. The normalized spacial score (nSPS) is 10.6. The third-order valence-corrected chi connectivity index (χ3v) is 5.75. The van der Waals surface area contributed by atoms with E-state index in [9.17, 15) is 14.4 Å². The summed E-state index contributed by atoms with van der Waals surface area (Å²) in [5.74, 6) is -1.36. The first-order valence-corrected chi connectivity index (χ1v) is 12.3. The molecule has 0 aromatic heterocycles. The molecular formula is C27H25Cl2N3O6. The van der Waals surface area contributed by atoms with Crippen LogP contribution in [-0.4, -0.2) is 37.7 Å². The van der Waals surface area contributed by atoms with E-state index in [1.165, 1.54) is 37.6 Å². The molecule has 0 saturated heterocycles. The molecule has 3 aromatic carbocycles. The van der Waals surface area contributed by atoms with E-state index in [1.54, 1.807) is 36.4 Å². The summed E-state index contributed by atoms with van der Waals surface area (Å²) < 4.78 is 16.4. The van der Waals surface area contributed by atoms with Crippen molar-refractivity contribution in [3.63, 3.8) is 0 Å². The second-order valence-corrected chi connectivity index (χ2v) is 8.62. The number of esters is 1. The molecule has 0 bridgehead atoms. The molecule has 0 aliphatic carbocycles. The van der Waals surface area contributed by atoms with E-state index in [1.807, 2.05) is 0 Å². The van der Waals surface area contributed by atoms with E-state index in [4.69, 9.17) is 37.4 Å². The lowest BCUT2D eigenvalue weighted by molar-refractivity contribution is -0.136. The van der Waals surface area contributed by atoms with Crippen LogP contribution in [-0.2, 0) is 9.59 Å². The average molecular weight is 558 g/mol. The van der Waals surface area contributed by atoms with Gasteiger partial charge in [0.1, 0.15) is 5.75 Å². The molecular weight excluding hydrogens is 533 g/mol. The fraction of sp³-hybridized carbons (Fsp3) is 0.185. The molecule has 38 heavy (non-hydrogen) atoms. The van der Waals surface area contributed by atoms with E-state index in [-0.39, 0.29) is 16.5 Å². The van der Waals surface area contributed by atoms with Crippen LogP contribution < -0.4 is 25.0 Å². The number of methoxy groups -OCH3 is 1. The molecule has 11 heteroatoms. The largest absolute Gasteiger partial charge is 0.494 e. The van der Waals surface area contributed by atoms with Crippen molar-refractivity contribution in [1.82, 2.24) is 5.43 Å². The van der Waals surface area contributed by atoms with Crippen LogP contribution in [0.25, 0.3) is 0 Å². The molecule has 0 fully saturated rings. The Labute approximate surface area is 229 Å². The minimum Gasteiger partial charge on any atom is -0.494 e. The van der Waals surface area contributed by atoms with Gasteiger partial charge >= 0.3 is 17.8 Å². The Morgan fingerprint density at radius 2 is 1.68 bits per heavy atom. The van der Waals surface area contributed by atoms with Gasteiger partial charge in [-0.1, -0.05) is 36.5 Å². The highest BCUT2D eigenvalue weighted by Crippen LogP contribution is 2.29. The molecule has 0 atom stereocenters. The first-order valence-electron chi connectivity index (χ1n) is 11.5. The smallest absolute Gasteiger partial charge is 0.343 e. The SMILES string of the molecule is CCCCOc1ccc(C(=O)Oc2ccc(/C=N/NC(=O)C(=O)Nc3ccc(Cl)c(Cl)c3)cc2OC)cc1. The molecule has 2 amide bonds. The first-order chi connectivity index (χ1) is 18.3. The molecule has 0 spiro atoms. The third kappa shape index (κ3) is 8.22. The van der Waals surface area contributed by atoms with E-state index in [0.717, 1.165) is 12.8 Å². The van der Waals surface area contributed by atoms with Gasteiger partial charge in [-0.25, -0.2) is 10.2 Å². The molecule has 0 heterocycles. The molecule has 198 valence electrons. The molecule has 3 rings (SSSR count). The molecule has 0 aliphatic rings. The van der Waals surface area contributed by atoms with Gasteiger partial charge in [0.25, 0.3) is 0 Å². The summed E-state index contributed by atoms with van der Waals surface area (Å²) in [6.07, 6.45) is 3.28. The summed E-state index contributed by atoms with van der Waals surface area (Å²) in [6.45, 7) is 2.69. The molecule has 3 aromatic rings. The zero-order chi connectivity index (χ0) is 27.5. The number of benzene rings is 3. The van der Waals surface area contributed by atoms with Crippen molar-refractivity contribution < 1.29 is 28.6 Å². The van der Waals surface area contributed by atoms with Crippen molar-refractivity contribution in [3.8, 4) is 17.2 Å². The number of unbranched alkanes of at least 4 members (excludes halogenated alkanes) is 1. The Morgan fingerprint density at radius 3 is 2.37 bits per heavy atom. The number of nitrogens with zero attached hydrogens (tertiary/aromatic N) is 1. The van der Waals surface area contributed by atoms with Crippen molar-refractivity contribution in [1.29, 1.82) is 0 Å². The first kappa shape index (κ1) is 28.5. The number of halogens is 2. The van der Waals surface area contributed by atoms with Gasteiger partial charge in [-0.15, -0.1) is 0 Å². The Hall–Kier alpha value is -4.08. The van der Waals surface area contributed by atoms with Crippen molar-refractivity contribution >= 4 is 52.9 Å². The fourth-order valence-corrected chi connectivity index (χ4v) is 3.31. The van der Waals surface area contributed by atoms with Crippen LogP contribution in [0.3, 0.4) is 0 Å². The summed E-state index contributed by atoms with van der Waals surface area (Å²) in [6, 6.07) is 15.8. The minimum absolute atomic E-state index is 0.197. The Kier molecular flexibility index (Phi) is 10.5. The van der Waals surface area contributed by atoms with Gasteiger partial charge < -0.3 is 19.5 Å². The number of nitrogens with one attached hydrogen (secondary N) is 2. The molecule has 2 N–H and O–H groups in total. The van der Waals surface area contributed by atoms with Crippen molar-refractivity contribution in [2.24, 2.45) is 5.10 Å². The summed E-state index contributed by atoms with van der Waals surface area (Å²) in [7, 11) is 1.42. The number of anilines is 1. The highest BCUT2D eigenvalue weighted by atomic mass is 35.5. The summed E-state index contributed by atoms with van der Waals surface area (Å²) in [4.78, 5) is 36.6. The van der Waals surface area contributed by atoms with Crippen LogP contribution in [0.4, 0.5) is 5.69 Å². The standard InChI is InChI=1S/C27H25Cl2N3O6/c1-3-4-13-37-20-9-6-18(7-10-20)27(35)38-23-12-5-17(14-24(23)36-2)16-30-32-26(34)25(33)31-19-8-11-21(28)22(29)15-19/h5-12,14-16H,3-4,13H2,1-2H3,(H,31,33)(H,32,34)/b30-16+. The molecule has 0 radical (unpaired) electrons. The highest BCUT2D eigenvalue weighted by Gasteiger charge is 2.15. The van der Waals surface area contributed by atoms with Crippen LogP contribution in [0.5, 0.6) is 17.2 Å². The van der Waals surface area contributed by atoms with Crippen LogP contribution in [0, 0.1) is 0 Å². The molecule has 0 saturated carbocycles. The maximum Gasteiger partial charge on any atom is 0.343 e. The number of ether oxygens (including phenoxy) is 3. The van der Waals surface area contributed by atoms with Gasteiger partial charge in [-0.3, -0.25) is 9.59 Å². The lowest BCUT2D eigenvalue weighted by Crippen LogP contribution is -2.32. The van der Waals surface area contributed by atoms with Gasteiger partial charge in [0.05, 0.1) is 35.5 Å². The maximum absolute atomic E-state index is 12.6. The van der Waals surface area contributed by atoms with Gasteiger partial charge in [-0.05, 0) is 72.6 Å². The molecule has 9 nitrogen and oxygen atoms in total. The van der Waals surface area contributed by atoms with Gasteiger partial charge in [-0.2, -0.15) is 5.10 Å². The summed E-state index contributed by atoms with van der Waals surface area (Å²) in [5.41, 5.74) is 3.29. The van der Waals surface area contributed by atoms with Crippen LogP contribution in [0.2, 0.25) is 10.0 Å². The quantitative estimate of drug-likeness (QED) is 0.0850. The zero-order valence-electron chi connectivity index (χ0n) is 20.6. The van der Waals surface area contributed by atoms with Crippen molar-refractivity contribution in [3.05, 3.63) is 81.8 Å². The second kappa shape index (κ2) is 14.0. The highest BCUT2D eigenvalue weighted by molar-refractivity contribution is 6.43. The predicted molar refractivity (Wildman–Crippen MR) is 146 cm³/mol. The number of rotatable bonds is 10. The Morgan fingerprint density at radius 1 is 0.921 bits per heavy atom. The van der Waals surface area contributed by atoms with E-state index in [0.29, 0.717) is 34.2 Å². The number of carbonyl (C=O) groups excluding carboxylic acids is 3. The van der Waals surface area contributed by atoms with E-state index in [2.05, 4.69) is 22.8 Å². The lowest BCUT2D eigenvalue weighted by Gasteiger charge is -2.10. The number of hydrogen-bond acceptors (Lipinski definition) is 7. The number of hydrazone groups is 1. The Balaban J connectivity index is 1.56. The van der Waals surface area contributed by atoms with Crippen LogP contribution in [0.1, 0.15) is 35.7 Å². The molecule has 0 unspecified atom stereocenters. The number of carbonyl (C=O) groups is 3. The minimum atomic E-state index is -0.994. The topological polar surface area (TPSA) is 115 Å². The van der Waals surface area contributed by atoms with Gasteiger partial charge in [0, 0.05) is 5.69 Å². The molecule has 0 aliphatic heterocycles. The number of amides is 2. The van der Waals surface area contributed by atoms with Crippen LogP contribution >= 0.6 is 23.2 Å². The number of hydrogen-bond donors (Lipinski definition) is 2. The third-order valence-electron chi connectivity index (χ3n) is 5.01.